The van der Waals surface area contributed by atoms with Gasteiger partial charge in [-0.25, -0.2) is 4.79 Å². The van der Waals surface area contributed by atoms with Crippen LogP contribution in [0.1, 0.15) is 26.7 Å². The minimum Gasteiger partial charge on any atom is -0.481 e. The summed E-state index contributed by atoms with van der Waals surface area (Å²) in [7, 11) is 0. The molecule has 0 amide bonds. The number of hydrogen-bond acceptors (Lipinski definition) is 2. The molecule has 0 saturated heterocycles. The molecule has 0 aliphatic heterocycles. The predicted octanol–water partition coefficient (Wildman–Crippen LogP) is 2.84. The van der Waals surface area contributed by atoms with Crippen LogP contribution in [0.5, 0.6) is 0 Å². The highest BCUT2D eigenvalue weighted by Gasteiger charge is 2.45. The highest BCUT2D eigenvalue weighted by atomic mass is 79.9. The van der Waals surface area contributed by atoms with Crippen molar-refractivity contribution >= 4 is 27.9 Å². The van der Waals surface area contributed by atoms with Crippen LogP contribution >= 0.6 is 15.9 Å². The molecule has 1 aliphatic rings. The van der Waals surface area contributed by atoms with Crippen molar-refractivity contribution in [2.24, 2.45) is 11.3 Å². The molecule has 2 atom stereocenters. The van der Waals surface area contributed by atoms with Crippen LogP contribution in [-0.4, -0.2) is 27.5 Å². The Kier molecular flexibility index (Phi) is 4.73. The zero-order valence-corrected chi connectivity index (χ0v) is 12.0. The van der Waals surface area contributed by atoms with Crippen LogP contribution in [0, 0.1) is 11.3 Å². The lowest BCUT2D eigenvalue weighted by Crippen LogP contribution is -2.38. The van der Waals surface area contributed by atoms with Crippen LogP contribution in [0.25, 0.3) is 0 Å². The van der Waals surface area contributed by atoms with Crippen LogP contribution in [-0.2, 0) is 9.59 Å². The molecule has 2 N–H and O–H groups in total. The average molecular weight is 317 g/mol. The molecular weight excluding hydrogens is 300 g/mol. The first kappa shape index (κ1) is 15.0. The Labute approximate surface area is 115 Å². The molecule has 0 aromatic rings. The van der Waals surface area contributed by atoms with Gasteiger partial charge in [-0.05, 0) is 18.4 Å². The van der Waals surface area contributed by atoms with E-state index < -0.39 is 23.3 Å². The number of allylic oxidation sites excluding steroid dienone is 2. The molecule has 18 heavy (non-hydrogen) atoms. The first-order valence-electron chi connectivity index (χ1n) is 5.82. The summed E-state index contributed by atoms with van der Waals surface area (Å²) in [6.07, 6.45) is 4.30. The molecule has 0 bridgehead atoms. The summed E-state index contributed by atoms with van der Waals surface area (Å²) in [5, 5.41) is 19.3. The van der Waals surface area contributed by atoms with Gasteiger partial charge in [0.2, 0.25) is 0 Å². The maximum absolute atomic E-state index is 11.5. The van der Waals surface area contributed by atoms with Crippen molar-refractivity contribution in [2.45, 2.75) is 26.7 Å². The highest BCUT2D eigenvalue weighted by molar-refractivity contribution is 9.09. The SMILES string of the molecule is CCC1(C)C(C(=O)O)=C(CCBr)C=CC1C(=O)O. The van der Waals surface area contributed by atoms with Crippen molar-refractivity contribution in [3.8, 4) is 0 Å². The van der Waals surface area contributed by atoms with E-state index in [4.69, 9.17) is 0 Å². The molecule has 1 aliphatic carbocycles. The van der Waals surface area contributed by atoms with E-state index in [0.29, 0.717) is 23.7 Å². The molecule has 0 heterocycles. The van der Waals surface area contributed by atoms with Crippen molar-refractivity contribution in [2.75, 3.05) is 5.33 Å². The van der Waals surface area contributed by atoms with Gasteiger partial charge in [0.1, 0.15) is 0 Å². The number of halogens is 1. The van der Waals surface area contributed by atoms with Crippen molar-refractivity contribution < 1.29 is 19.8 Å². The summed E-state index contributed by atoms with van der Waals surface area (Å²) in [4.78, 5) is 22.8. The van der Waals surface area contributed by atoms with E-state index in [1.807, 2.05) is 6.92 Å². The number of carboxylic acids is 2. The third-order valence-corrected chi connectivity index (χ3v) is 4.04. The molecular formula is C13H17BrO4. The maximum Gasteiger partial charge on any atom is 0.332 e. The molecule has 0 radical (unpaired) electrons. The van der Waals surface area contributed by atoms with Crippen molar-refractivity contribution in [1.29, 1.82) is 0 Å². The van der Waals surface area contributed by atoms with Gasteiger partial charge in [0.15, 0.2) is 0 Å². The number of carbonyl (C=O) groups is 2. The van der Waals surface area contributed by atoms with E-state index in [0.717, 1.165) is 0 Å². The van der Waals surface area contributed by atoms with Gasteiger partial charge >= 0.3 is 11.9 Å². The zero-order chi connectivity index (χ0) is 13.9. The van der Waals surface area contributed by atoms with E-state index in [9.17, 15) is 19.8 Å². The van der Waals surface area contributed by atoms with E-state index in [1.54, 1.807) is 19.1 Å². The molecule has 5 heteroatoms. The largest absolute Gasteiger partial charge is 0.481 e. The topological polar surface area (TPSA) is 74.6 Å². The van der Waals surface area contributed by atoms with Crippen molar-refractivity contribution in [3.05, 3.63) is 23.3 Å². The summed E-state index contributed by atoms with van der Waals surface area (Å²) >= 11 is 3.29. The Morgan fingerprint density at radius 2 is 2.06 bits per heavy atom. The third kappa shape index (κ3) is 2.51. The highest BCUT2D eigenvalue weighted by Crippen LogP contribution is 2.45. The minimum absolute atomic E-state index is 0.236. The van der Waals surface area contributed by atoms with E-state index in [1.165, 1.54) is 0 Å². The summed E-state index contributed by atoms with van der Waals surface area (Å²) in [6.45, 7) is 3.54. The quantitative estimate of drug-likeness (QED) is 0.765. The van der Waals surface area contributed by atoms with Gasteiger partial charge in [-0.2, -0.15) is 0 Å². The van der Waals surface area contributed by atoms with Crippen LogP contribution in [0.2, 0.25) is 0 Å². The molecule has 0 saturated carbocycles. The van der Waals surface area contributed by atoms with E-state index in [-0.39, 0.29) is 5.57 Å². The minimum atomic E-state index is -1.02. The molecule has 0 aromatic carbocycles. The van der Waals surface area contributed by atoms with Crippen LogP contribution < -0.4 is 0 Å². The van der Waals surface area contributed by atoms with Gasteiger partial charge < -0.3 is 10.2 Å². The van der Waals surface area contributed by atoms with Crippen LogP contribution in [0.3, 0.4) is 0 Å². The monoisotopic (exact) mass is 316 g/mol. The lowest BCUT2D eigenvalue weighted by Gasteiger charge is -2.37. The van der Waals surface area contributed by atoms with Crippen molar-refractivity contribution in [3.63, 3.8) is 0 Å². The summed E-state index contributed by atoms with van der Waals surface area (Å²) in [5.74, 6) is -2.79. The Hall–Kier alpha value is -1.10. The van der Waals surface area contributed by atoms with Gasteiger partial charge in [0.05, 0.1) is 5.92 Å². The second-order valence-electron chi connectivity index (χ2n) is 4.59. The van der Waals surface area contributed by atoms with Gasteiger partial charge in [0.25, 0.3) is 0 Å². The Morgan fingerprint density at radius 3 is 2.44 bits per heavy atom. The summed E-state index contributed by atoms with van der Waals surface area (Å²) in [5.41, 5.74) is 0.0878. The Bertz CT molecular complexity index is 425. The smallest absolute Gasteiger partial charge is 0.332 e. The second-order valence-corrected chi connectivity index (χ2v) is 5.38. The lowest BCUT2D eigenvalue weighted by molar-refractivity contribution is -0.144. The molecule has 0 spiro atoms. The third-order valence-electron chi connectivity index (χ3n) is 3.65. The number of hydrogen-bond donors (Lipinski definition) is 2. The first-order chi connectivity index (χ1) is 8.38. The molecule has 4 nitrogen and oxygen atoms in total. The van der Waals surface area contributed by atoms with E-state index in [2.05, 4.69) is 15.9 Å². The van der Waals surface area contributed by atoms with Gasteiger partial charge in [0, 0.05) is 16.3 Å². The Morgan fingerprint density at radius 1 is 1.44 bits per heavy atom. The molecule has 100 valence electrons. The predicted molar refractivity (Wildman–Crippen MR) is 71.7 cm³/mol. The van der Waals surface area contributed by atoms with E-state index >= 15 is 0 Å². The first-order valence-corrected chi connectivity index (χ1v) is 6.94. The fraction of sp³-hybridized carbons (Fsp3) is 0.538. The van der Waals surface area contributed by atoms with Crippen molar-refractivity contribution in [1.82, 2.24) is 0 Å². The average Bonchev–Trinajstić information content (AvgIpc) is 2.28. The Balaban J connectivity index is 3.38. The standard InChI is InChI=1S/C13H17BrO4/c1-3-13(2)9(11(15)16)5-4-8(6-7-14)10(13)12(17)18/h4-5,9H,3,6-7H2,1-2H3,(H,15,16)(H,17,18). The normalized spacial score (nSPS) is 27.4. The zero-order valence-electron chi connectivity index (χ0n) is 10.4. The van der Waals surface area contributed by atoms with Crippen LogP contribution in [0.4, 0.5) is 0 Å². The van der Waals surface area contributed by atoms with Gasteiger partial charge in [-0.1, -0.05) is 41.9 Å². The number of alkyl halides is 1. The molecule has 0 fully saturated rings. The lowest BCUT2D eigenvalue weighted by atomic mass is 9.65. The maximum atomic E-state index is 11.5. The number of rotatable bonds is 5. The number of carboxylic acid groups (broad SMARTS) is 2. The molecule has 0 aromatic heterocycles. The van der Waals surface area contributed by atoms with Gasteiger partial charge in [-0.3, -0.25) is 4.79 Å². The number of aliphatic carboxylic acids is 2. The van der Waals surface area contributed by atoms with Crippen LogP contribution in [0.15, 0.2) is 23.3 Å². The molecule has 2 unspecified atom stereocenters. The second kappa shape index (κ2) is 5.69. The molecule has 1 rings (SSSR count). The summed E-state index contributed by atoms with van der Waals surface area (Å²) in [6, 6.07) is 0. The fourth-order valence-electron chi connectivity index (χ4n) is 2.47. The summed E-state index contributed by atoms with van der Waals surface area (Å²) < 4.78 is 0. The fourth-order valence-corrected chi connectivity index (χ4v) is 2.90. The van der Waals surface area contributed by atoms with Gasteiger partial charge in [-0.15, -0.1) is 0 Å².